The Hall–Kier alpha value is -2.28. The standard InChI is InChI=1S/C14H12F2N2O2S/c15-9-2-1-3-12(5-9)18-14(19)8-21(20)13-6-10(16)4-11(17)7-13/h1-7H,8,17H2,(H,18,19). The van der Waals surface area contributed by atoms with Crippen LogP contribution in [0.25, 0.3) is 0 Å². The summed E-state index contributed by atoms with van der Waals surface area (Å²) >= 11 is 0. The van der Waals surface area contributed by atoms with Crippen molar-refractivity contribution in [1.29, 1.82) is 0 Å². The third-order valence-corrected chi connectivity index (χ3v) is 3.81. The van der Waals surface area contributed by atoms with Crippen LogP contribution in [0.1, 0.15) is 0 Å². The monoisotopic (exact) mass is 310 g/mol. The van der Waals surface area contributed by atoms with E-state index in [1.54, 1.807) is 0 Å². The molecule has 0 aliphatic carbocycles. The van der Waals surface area contributed by atoms with Crippen LogP contribution in [0.4, 0.5) is 20.2 Å². The molecule has 1 amide bonds. The third-order valence-electron chi connectivity index (χ3n) is 2.53. The van der Waals surface area contributed by atoms with Crippen molar-refractivity contribution in [2.24, 2.45) is 0 Å². The van der Waals surface area contributed by atoms with Gasteiger partial charge in [-0.05, 0) is 36.4 Å². The lowest BCUT2D eigenvalue weighted by atomic mass is 10.3. The van der Waals surface area contributed by atoms with Crippen molar-refractivity contribution in [2.75, 3.05) is 16.8 Å². The summed E-state index contributed by atoms with van der Waals surface area (Å²) in [5.74, 6) is -2.06. The maximum absolute atomic E-state index is 13.2. The predicted octanol–water partition coefficient (Wildman–Crippen LogP) is 2.29. The second-order valence-electron chi connectivity index (χ2n) is 4.27. The van der Waals surface area contributed by atoms with Crippen LogP contribution in [0, 0.1) is 11.6 Å². The highest BCUT2D eigenvalue weighted by molar-refractivity contribution is 7.85. The molecule has 1 unspecified atom stereocenters. The lowest BCUT2D eigenvalue weighted by molar-refractivity contribution is -0.113. The minimum Gasteiger partial charge on any atom is -0.399 e. The Kier molecular flexibility index (Phi) is 4.64. The molecule has 7 heteroatoms. The number of nitrogen functional groups attached to an aromatic ring is 1. The number of hydrogen-bond donors (Lipinski definition) is 2. The molecule has 0 saturated heterocycles. The third kappa shape index (κ3) is 4.35. The summed E-state index contributed by atoms with van der Waals surface area (Å²) in [4.78, 5) is 11.9. The first-order valence-electron chi connectivity index (χ1n) is 5.94. The van der Waals surface area contributed by atoms with Gasteiger partial charge in [-0.3, -0.25) is 9.00 Å². The van der Waals surface area contributed by atoms with E-state index in [1.807, 2.05) is 0 Å². The van der Waals surface area contributed by atoms with E-state index in [0.29, 0.717) is 0 Å². The van der Waals surface area contributed by atoms with Crippen molar-refractivity contribution < 1.29 is 17.8 Å². The van der Waals surface area contributed by atoms with Crippen LogP contribution in [0.3, 0.4) is 0 Å². The number of hydrogen-bond acceptors (Lipinski definition) is 3. The highest BCUT2D eigenvalue weighted by Gasteiger charge is 2.12. The van der Waals surface area contributed by atoms with Crippen LogP contribution in [0.5, 0.6) is 0 Å². The van der Waals surface area contributed by atoms with Crippen molar-refractivity contribution in [3.8, 4) is 0 Å². The molecule has 1 atom stereocenters. The van der Waals surface area contributed by atoms with Gasteiger partial charge in [0.2, 0.25) is 5.91 Å². The minimum absolute atomic E-state index is 0.127. The number of rotatable bonds is 4. The van der Waals surface area contributed by atoms with Gasteiger partial charge in [0.05, 0.1) is 10.8 Å². The summed E-state index contributed by atoms with van der Waals surface area (Å²) in [6.45, 7) is 0. The molecule has 0 heterocycles. The fourth-order valence-electron chi connectivity index (χ4n) is 1.68. The van der Waals surface area contributed by atoms with E-state index in [-0.39, 0.29) is 22.0 Å². The van der Waals surface area contributed by atoms with Gasteiger partial charge in [0.15, 0.2) is 0 Å². The maximum Gasteiger partial charge on any atom is 0.237 e. The minimum atomic E-state index is -1.74. The zero-order chi connectivity index (χ0) is 15.4. The molecule has 0 radical (unpaired) electrons. The Morgan fingerprint density at radius 2 is 1.90 bits per heavy atom. The van der Waals surface area contributed by atoms with Crippen LogP contribution in [-0.4, -0.2) is 15.9 Å². The molecule has 3 N–H and O–H groups in total. The normalized spacial score (nSPS) is 11.9. The second kappa shape index (κ2) is 6.45. The van der Waals surface area contributed by atoms with Crippen LogP contribution >= 0.6 is 0 Å². The first-order chi connectivity index (χ1) is 9.94. The van der Waals surface area contributed by atoms with E-state index in [0.717, 1.165) is 18.2 Å². The van der Waals surface area contributed by atoms with Crippen molar-refractivity contribution in [2.45, 2.75) is 4.90 Å². The van der Waals surface area contributed by atoms with Gasteiger partial charge in [0, 0.05) is 16.3 Å². The van der Waals surface area contributed by atoms with Crippen LogP contribution in [0.15, 0.2) is 47.4 Å². The summed E-state index contributed by atoms with van der Waals surface area (Å²) in [6.07, 6.45) is 0. The van der Waals surface area contributed by atoms with Gasteiger partial charge >= 0.3 is 0 Å². The molecule has 0 aliphatic heterocycles. The molecular formula is C14H12F2N2O2S. The van der Waals surface area contributed by atoms with Gasteiger partial charge in [0.1, 0.15) is 17.4 Å². The maximum atomic E-state index is 13.2. The number of anilines is 2. The number of carbonyl (C=O) groups is 1. The van der Waals surface area contributed by atoms with Crippen LogP contribution < -0.4 is 11.1 Å². The summed E-state index contributed by atoms with van der Waals surface area (Å²) in [5, 5.41) is 2.42. The molecular weight excluding hydrogens is 298 g/mol. The van der Waals surface area contributed by atoms with E-state index in [9.17, 15) is 17.8 Å². The molecule has 21 heavy (non-hydrogen) atoms. The van der Waals surface area contributed by atoms with Gasteiger partial charge in [-0.2, -0.15) is 0 Å². The number of halogens is 2. The first kappa shape index (κ1) is 15.1. The van der Waals surface area contributed by atoms with Crippen molar-refractivity contribution >= 4 is 28.1 Å². The highest BCUT2D eigenvalue weighted by Crippen LogP contribution is 2.15. The average molecular weight is 310 g/mol. The molecule has 4 nitrogen and oxygen atoms in total. The largest absolute Gasteiger partial charge is 0.399 e. The fourth-order valence-corrected chi connectivity index (χ4v) is 2.67. The Morgan fingerprint density at radius 1 is 1.14 bits per heavy atom. The Morgan fingerprint density at radius 3 is 2.57 bits per heavy atom. The fraction of sp³-hybridized carbons (Fsp3) is 0.0714. The Balaban J connectivity index is 2.03. The number of amides is 1. The van der Waals surface area contributed by atoms with Crippen LogP contribution in [-0.2, 0) is 15.6 Å². The van der Waals surface area contributed by atoms with Gasteiger partial charge in [-0.15, -0.1) is 0 Å². The number of carbonyl (C=O) groups excluding carboxylic acids is 1. The van der Waals surface area contributed by atoms with Crippen molar-refractivity contribution in [1.82, 2.24) is 0 Å². The number of nitrogens with two attached hydrogens (primary N) is 1. The lowest BCUT2D eigenvalue weighted by Crippen LogP contribution is -2.19. The van der Waals surface area contributed by atoms with Crippen molar-refractivity contribution in [3.05, 3.63) is 54.1 Å². The van der Waals surface area contributed by atoms with Crippen molar-refractivity contribution in [3.63, 3.8) is 0 Å². The molecule has 110 valence electrons. The second-order valence-corrected chi connectivity index (χ2v) is 5.72. The molecule has 0 aromatic heterocycles. The molecule has 2 aromatic rings. The average Bonchev–Trinajstić information content (AvgIpc) is 2.37. The van der Waals surface area contributed by atoms with Gasteiger partial charge in [0.25, 0.3) is 0 Å². The molecule has 0 aliphatic rings. The molecule has 0 saturated carbocycles. The lowest BCUT2D eigenvalue weighted by Gasteiger charge is -2.06. The summed E-state index contributed by atoms with van der Waals surface area (Å²) in [7, 11) is -1.74. The molecule has 0 spiro atoms. The molecule has 2 rings (SSSR count). The van der Waals surface area contributed by atoms with Crippen LogP contribution in [0.2, 0.25) is 0 Å². The molecule has 2 aromatic carbocycles. The Labute approximate surface area is 122 Å². The zero-order valence-electron chi connectivity index (χ0n) is 10.8. The summed E-state index contributed by atoms with van der Waals surface area (Å²) in [5.41, 5.74) is 5.84. The quantitative estimate of drug-likeness (QED) is 0.851. The molecule has 0 bridgehead atoms. The predicted molar refractivity (Wildman–Crippen MR) is 77.1 cm³/mol. The van der Waals surface area contributed by atoms with E-state index in [1.165, 1.54) is 24.3 Å². The van der Waals surface area contributed by atoms with E-state index in [2.05, 4.69) is 5.32 Å². The number of benzene rings is 2. The number of nitrogens with one attached hydrogen (secondary N) is 1. The zero-order valence-corrected chi connectivity index (χ0v) is 11.6. The van der Waals surface area contributed by atoms with E-state index < -0.39 is 28.3 Å². The molecule has 0 fully saturated rings. The SMILES string of the molecule is Nc1cc(F)cc(S(=O)CC(=O)Nc2cccc(F)c2)c1. The van der Waals surface area contributed by atoms with E-state index in [4.69, 9.17) is 5.73 Å². The summed E-state index contributed by atoms with van der Waals surface area (Å²) in [6, 6.07) is 8.81. The first-order valence-corrected chi connectivity index (χ1v) is 7.26. The summed E-state index contributed by atoms with van der Waals surface area (Å²) < 4.78 is 38.1. The highest BCUT2D eigenvalue weighted by atomic mass is 32.2. The topological polar surface area (TPSA) is 72.2 Å². The van der Waals surface area contributed by atoms with Gasteiger partial charge in [-0.1, -0.05) is 6.07 Å². The van der Waals surface area contributed by atoms with E-state index >= 15 is 0 Å². The smallest absolute Gasteiger partial charge is 0.237 e. The van der Waals surface area contributed by atoms with Gasteiger partial charge < -0.3 is 11.1 Å². The Bertz CT molecular complexity index is 687. The van der Waals surface area contributed by atoms with Gasteiger partial charge in [-0.25, -0.2) is 8.78 Å².